The zero-order chi connectivity index (χ0) is 29.9. The van der Waals surface area contributed by atoms with Crippen molar-refractivity contribution in [2.45, 2.75) is 45.0 Å². The highest BCUT2D eigenvalue weighted by Gasteiger charge is 2.36. The summed E-state index contributed by atoms with van der Waals surface area (Å²) >= 11 is 0. The molecule has 1 fully saturated rings. The van der Waals surface area contributed by atoms with Crippen molar-refractivity contribution in [2.75, 3.05) is 18.4 Å². The number of benzene rings is 2. The molecule has 1 saturated heterocycles. The molecular formula is C27H24F7N5O2. The van der Waals surface area contributed by atoms with E-state index in [1.54, 1.807) is 13.8 Å². The quantitative estimate of drug-likeness (QED) is 0.196. The van der Waals surface area contributed by atoms with E-state index in [2.05, 4.69) is 20.4 Å². The van der Waals surface area contributed by atoms with Crippen LogP contribution in [-0.4, -0.2) is 39.7 Å². The van der Waals surface area contributed by atoms with Gasteiger partial charge >= 0.3 is 18.4 Å². The molecule has 0 aliphatic carbocycles. The van der Waals surface area contributed by atoms with Crippen molar-refractivity contribution in [2.24, 2.45) is 5.16 Å². The molecule has 1 N–H and O–H groups in total. The second kappa shape index (κ2) is 11.7. The van der Waals surface area contributed by atoms with Gasteiger partial charge in [0.1, 0.15) is 11.6 Å². The van der Waals surface area contributed by atoms with Crippen LogP contribution in [0.15, 0.2) is 53.8 Å². The number of hydrogen-bond acceptors (Lipinski definition) is 5. The summed E-state index contributed by atoms with van der Waals surface area (Å²) in [5.74, 6) is -1.06. The molecule has 0 bridgehead atoms. The van der Waals surface area contributed by atoms with Gasteiger partial charge < -0.3 is 15.1 Å². The Hall–Kier alpha value is -4.23. The summed E-state index contributed by atoms with van der Waals surface area (Å²) in [5, 5.41) is 6.02. The maximum atomic E-state index is 14.2. The first-order valence-electron chi connectivity index (χ1n) is 12.4. The van der Waals surface area contributed by atoms with Crippen LogP contribution in [0.1, 0.15) is 53.9 Å². The van der Waals surface area contributed by atoms with E-state index >= 15 is 0 Å². The van der Waals surface area contributed by atoms with E-state index in [0.717, 1.165) is 24.3 Å². The smallest absolute Gasteiger partial charge is 0.357 e. The zero-order valence-electron chi connectivity index (χ0n) is 21.8. The highest BCUT2D eigenvalue weighted by atomic mass is 19.4. The number of rotatable bonds is 5. The minimum atomic E-state index is -4.86. The first-order valence-corrected chi connectivity index (χ1v) is 12.4. The molecule has 1 aromatic heterocycles. The Morgan fingerprint density at radius 3 is 2.39 bits per heavy atom. The third-order valence-electron chi connectivity index (χ3n) is 6.50. The Morgan fingerprint density at radius 1 is 1.05 bits per heavy atom. The van der Waals surface area contributed by atoms with Crippen LogP contribution in [0, 0.1) is 12.7 Å². The Balaban J connectivity index is 1.47. The Morgan fingerprint density at radius 2 is 1.73 bits per heavy atom. The van der Waals surface area contributed by atoms with Gasteiger partial charge in [-0.25, -0.2) is 19.2 Å². The van der Waals surface area contributed by atoms with E-state index in [0.29, 0.717) is 41.7 Å². The number of oxime groups is 1. The van der Waals surface area contributed by atoms with Crippen LogP contribution in [0.3, 0.4) is 0 Å². The van der Waals surface area contributed by atoms with Gasteiger partial charge in [0.05, 0.1) is 28.2 Å². The number of likely N-dealkylation sites (tertiary alicyclic amines) is 1. The minimum Gasteiger partial charge on any atom is -0.357 e. The van der Waals surface area contributed by atoms with E-state index in [1.165, 1.54) is 23.2 Å². The van der Waals surface area contributed by atoms with Gasteiger partial charge in [0.25, 0.3) is 0 Å². The maximum Gasteiger partial charge on any atom is 0.418 e. The topological polar surface area (TPSA) is 79.7 Å². The number of anilines is 1. The first kappa shape index (κ1) is 29.7. The van der Waals surface area contributed by atoms with Gasteiger partial charge in [-0.1, -0.05) is 17.3 Å². The number of urea groups is 1. The molecule has 3 aromatic rings. The minimum absolute atomic E-state index is 0.114. The highest BCUT2D eigenvalue weighted by molar-refractivity contribution is 5.99. The van der Waals surface area contributed by atoms with Gasteiger partial charge in [-0.15, -0.1) is 0 Å². The molecule has 2 amide bonds. The number of carbonyl (C=O) groups excluding carboxylic acids is 1. The predicted molar refractivity (Wildman–Crippen MR) is 135 cm³/mol. The van der Waals surface area contributed by atoms with E-state index in [9.17, 15) is 35.5 Å². The molecule has 2 aromatic carbocycles. The SMILES string of the molecule is C/C(=N\Oc1cccc(C(F)(F)F)c1)c1cnc(C)nc1C1CCN(C(=O)Nc2c(F)cccc2C(F)(F)F)CC1. The van der Waals surface area contributed by atoms with Gasteiger partial charge in [0.15, 0.2) is 5.75 Å². The molecule has 4 rings (SSSR count). The number of amides is 2. The second-order valence-corrected chi connectivity index (χ2v) is 9.36. The summed E-state index contributed by atoms with van der Waals surface area (Å²) in [5.41, 5.74) is -1.73. The average molecular weight is 584 g/mol. The average Bonchev–Trinajstić information content (AvgIpc) is 2.92. The van der Waals surface area contributed by atoms with Crippen LogP contribution in [0.4, 0.5) is 41.2 Å². The lowest BCUT2D eigenvalue weighted by atomic mass is 9.90. The van der Waals surface area contributed by atoms with Gasteiger partial charge in [-0.3, -0.25) is 0 Å². The van der Waals surface area contributed by atoms with Crippen LogP contribution in [0.2, 0.25) is 0 Å². The summed E-state index contributed by atoms with van der Waals surface area (Å²) in [6.07, 6.45) is -7.13. The van der Waals surface area contributed by atoms with Gasteiger partial charge in [-0.2, -0.15) is 26.3 Å². The van der Waals surface area contributed by atoms with Gasteiger partial charge in [0.2, 0.25) is 0 Å². The van der Waals surface area contributed by atoms with Crippen molar-refractivity contribution < 1.29 is 40.4 Å². The lowest BCUT2D eigenvalue weighted by molar-refractivity contribution is -0.138. The number of hydrogen-bond donors (Lipinski definition) is 1. The van der Waals surface area contributed by atoms with Crippen molar-refractivity contribution in [3.8, 4) is 5.75 Å². The van der Waals surface area contributed by atoms with Crippen LogP contribution >= 0.6 is 0 Å². The summed E-state index contributed by atoms with van der Waals surface area (Å²) in [6.45, 7) is 3.55. The van der Waals surface area contributed by atoms with E-state index in [4.69, 9.17) is 4.84 Å². The second-order valence-electron chi connectivity index (χ2n) is 9.36. The fraction of sp³-hybridized carbons (Fsp3) is 0.333. The number of nitrogens with one attached hydrogen (secondary N) is 1. The number of piperidine rings is 1. The Labute approximate surface area is 230 Å². The van der Waals surface area contributed by atoms with Crippen molar-refractivity contribution in [1.82, 2.24) is 14.9 Å². The third-order valence-corrected chi connectivity index (χ3v) is 6.50. The molecule has 14 heteroatoms. The molecule has 0 radical (unpaired) electrons. The number of aromatic nitrogens is 2. The summed E-state index contributed by atoms with van der Waals surface area (Å²) in [4.78, 5) is 28.0. The van der Waals surface area contributed by atoms with E-state index in [-0.39, 0.29) is 24.8 Å². The molecule has 41 heavy (non-hydrogen) atoms. The fourth-order valence-electron chi connectivity index (χ4n) is 4.41. The van der Waals surface area contributed by atoms with Crippen LogP contribution in [0.25, 0.3) is 0 Å². The van der Waals surface area contributed by atoms with Crippen molar-refractivity contribution in [3.63, 3.8) is 0 Å². The molecule has 0 unspecified atom stereocenters. The monoisotopic (exact) mass is 583 g/mol. The third kappa shape index (κ3) is 7.11. The molecule has 2 heterocycles. The lowest BCUT2D eigenvalue weighted by Gasteiger charge is -2.32. The summed E-state index contributed by atoms with van der Waals surface area (Å²) < 4.78 is 93.1. The number of halogens is 7. The van der Waals surface area contributed by atoms with Crippen molar-refractivity contribution >= 4 is 17.4 Å². The molecule has 0 atom stereocenters. The van der Waals surface area contributed by atoms with Gasteiger partial charge in [-0.05, 0) is 57.0 Å². The van der Waals surface area contributed by atoms with Crippen LogP contribution in [0.5, 0.6) is 5.75 Å². The standard InChI is InChI=1S/C27H24F7N5O2/c1-15(38-41-19-6-3-5-18(13-19)26(29,30)31)20-14-35-16(2)36-23(20)17-9-11-39(12-10-17)25(40)37-24-21(27(32,33)34)7-4-8-22(24)28/h3-8,13-14,17H,9-12H2,1-2H3,(H,37,40)/b38-15+. The maximum absolute atomic E-state index is 14.2. The normalized spacial score (nSPS) is 15.1. The zero-order valence-corrected chi connectivity index (χ0v) is 21.8. The summed E-state index contributed by atoms with van der Waals surface area (Å²) in [7, 11) is 0. The highest BCUT2D eigenvalue weighted by Crippen LogP contribution is 2.37. The molecule has 0 spiro atoms. The molecule has 218 valence electrons. The van der Waals surface area contributed by atoms with Crippen LogP contribution < -0.4 is 10.2 Å². The number of carbonyl (C=O) groups is 1. The molecular weight excluding hydrogens is 559 g/mol. The van der Waals surface area contributed by atoms with E-state index in [1.807, 2.05) is 0 Å². The first-order chi connectivity index (χ1) is 19.2. The molecule has 0 saturated carbocycles. The number of nitrogens with zero attached hydrogens (tertiary/aromatic N) is 4. The number of para-hydroxylation sites is 1. The lowest BCUT2D eigenvalue weighted by Crippen LogP contribution is -2.41. The molecule has 1 aliphatic rings. The fourth-order valence-corrected chi connectivity index (χ4v) is 4.41. The molecule has 7 nitrogen and oxygen atoms in total. The van der Waals surface area contributed by atoms with E-state index < -0.39 is 41.0 Å². The largest absolute Gasteiger partial charge is 0.418 e. The summed E-state index contributed by atoms with van der Waals surface area (Å²) in [6, 6.07) is 5.82. The molecule has 1 aliphatic heterocycles. The van der Waals surface area contributed by atoms with Crippen molar-refractivity contribution in [1.29, 1.82) is 0 Å². The van der Waals surface area contributed by atoms with Crippen molar-refractivity contribution in [3.05, 3.63) is 82.7 Å². The van der Waals surface area contributed by atoms with Crippen LogP contribution in [-0.2, 0) is 12.4 Å². The Bertz CT molecular complexity index is 1450. The predicted octanol–water partition coefficient (Wildman–Crippen LogP) is 7.18. The number of alkyl halides is 6. The Kier molecular flexibility index (Phi) is 8.50. The number of aryl methyl sites for hydroxylation is 1. The van der Waals surface area contributed by atoms with Gasteiger partial charge in [0, 0.05) is 30.8 Å².